The van der Waals surface area contributed by atoms with E-state index in [9.17, 15) is 4.39 Å². The van der Waals surface area contributed by atoms with Gasteiger partial charge in [0.2, 0.25) is 0 Å². The van der Waals surface area contributed by atoms with Crippen LogP contribution in [0.4, 0.5) is 4.39 Å². The average molecular weight is 320 g/mol. The molecule has 6 heteroatoms. The molecular formula is C14H20Cl2FN3. The summed E-state index contributed by atoms with van der Waals surface area (Å²) in [5.41, 5.74) is 1.55. The summed E-state index contributed by atoms with van der Waals surface area (Å²) in [6.45, 7) is 5.42. The van der Waals surface area contributed by atoms with Crippen molar-refractivity contribution in [3.8, 4) is 6.07 Å². The van der Waals surface area contributed by atoms with Crippen molar-refractivity contribution in [1.82, 2.24) is 10.2 Å². The normalized spacial score (nSPS) is 16.4. The van der Waals surface area contributed by atoms with Crippen molar-refractivity contribution in [3.63, 3.8) is 0 Å². The number of hydrogen-bond acceptors (Lipinski definition) is 3. The largest absolute Gasteiger partial charge is 0.314 e. The van der Waals surface area contributed by atoms with Gasteiger partial charge in [-0.2, -0.15) is 5.26 Å². The number of nitrogens with zero attached hydrogens (tertiary/aromatic N) is 2. The summed E-state index contributed by atoms with van der Waals surface area (Å²) in [6, 6.07) is 7.51. The maximum Gasteiger partial charge on any atom is 0.126 e. The number of nitrogens with one attached hydrogen (secondary N) is 1. The Bertz CT molecular complexity index is 456. The molecule has 1 fully saturated rings. The molecule has 1 saturated heterocycles. The van der Waals surface area contributed by atoms with E-state index in [0.29, 0.717) is 12.0 Å². The van der Waals surface area contributed by atoms with Gasteiger partial charge in [0.25, 0.3) is 0 Å². The highest BCUT2D eigenvalue weighted by atomic mass is 35.5. The molecule has 0 spiro atoms. The van der Waals surface area contributed by atoms with Crippen LogP contribution < -0.4 is 5.32 Å². The van der Waals surface area contributed by atoms with Crippen LogP contribution in [0.1, 0.15) is 23.6 Å². The van der Waals surface area contributed by atoms with Crippen molar-refractivity contribution in [2.24, 2.45) is 0 Å². The second-order valence-electron chi connectivity index (χ2n) is 4.67. The van der Waals surface area contributed by atoms with E-state index in [0.717, 1.165) is 31.7 Å². The molecule has 1 aliphatic rings. The van der Waals surface area contributed by atoms with Gasteiger partial charge in [-0.25, -0.2) is 4.39 Å². The zero-order chi connectivity index (χ0) is 13.0. The van der Waals surface area contributed by atoms with E-state index >= 15 is 0 Å². The molecule has 2 rings (SSSR count). The lowest BCUT2D eigenvalue weighted by molar-refractivity contribution is 0.175. The molecule has 0 aromatic heterocycles. The average Bonchev–Trinajstić information content (AvgIpc) is 2.40. The minimum absolute atomic E-state index is 0. The van der Waals surface area contributed by atoms with Crippen LogP contribution >= 0.6 is 24.8 Å². The van der Waals surface area contributed by atoms with E-state index in [1.807, 2.05) is 6.07 Å². The number of benzene rings is 1. The molecule has 0 aliphatic carbocycles. The second-order valence-corrected chi connectivity index (χ2v) is 4.67. The topological polar surface area (TPSA) is 39.1 Å². The third-order valence-electron chi connectivity index (χ3n) is 3.46. The molecule has 0 unspecified atom stereocenters. The third kappa shape index (κ3) is 4.60. The molecule has 1 heterocycles. The first-order valence-corrected chi connectivity index (χ1v) is 6.30. The van der Waals surface area contributed by atoms with Crippen molar-refractivity contribution in [3.05, 3.63) is 35.1 Å². The molecule has 20 heavy (non-hydrogen) atoms. The Morgan fingerprint density at radius 2 is 2.00 bits per heavy atom. The number of aryl methyl sites for hydroxylation is 1. The maximum absolute atomic E-state index is 13.6. The minimum Gasteiger partial charge on any atom is -0.314 e. The van der Waals surface area contributed by atoms with Gasteiger partial charge in [-0.15, -0.1) is 24.8 Å². The quantitative estimate of drug-likeness (QED) is 0.931. The number of rotatable bonds is 3. The van der Waals surface area contributed by atoms with Crippen LogP contribution in [0.3, 0.4) is 0 Å². The van der Waals surface area contributed by atoms with E-state index in [2.05, 4.69) is 16.3 Å². The number of hydrogen-bond donors (Lipinski definition) is 1. The lowest BCUT2D eigenvalue weighted by Gasteiger charge is -2.34. The highest BCUT2D eigenvalue weighted by molar-refractivity contribution is 5.85. The Morgan fingerprint density at radius 3 is 2.55 bits per heavy atom. The SMILES string of the molecule is Cc1ccc([C@H](CC#N)N2CCNCC2)cc1F.Cl.Cl. The first-order valence-electron chi connectivity index (χ1n) is 6.30. The Morgan fingerprint density at radius 1 is 1.35 bits per heavy atom. The monoisotopic (exact) mass is 319 g/mol. The Labute approximate surface area is 132 Å². The van der Waals surface area contributed by atoms with Gasteiger partial charge in [0.05, 0.1) is 12.5 Å². The smallest absolute Gasteiger partial charge is 0.126 e. The Hall–Kier alpha value is -0.860. The highest BCUT2D eigenvalue weighted by Gasteiger charge is 2.22. The van der Waals surface area contributed by atoms with Gasteiger partial charge in [-0.1, -0.05) is 12.1 Å². The molecule has 3 nitrogen and oxygen atoms in total. The van der Waals surface area contributed by atoms with Crippen molar-refractivity contribution in [1.29, 1.82) is 5.26 Å². The highest BCUT2D eigenvalue weighted by Crippen LogP contribution is 2.25. The fraction of sp³-hybridized carbons (Fsp3) is 0.500. The molecule has 1 aliphatic heterocycles. The third-order valence-corrected chi connectivity index (χ3v) is 3.46. The van der Waals surface area contributed by atoms with Crippen molar-refractivity contribution in [2.75, 3.05) is 26.2 Å². The summed E-state index contributed by atoms with van der Waals surface area (Å²) in [5.74, 6) is -0.189. The molecule has 1 aromatic rings. The van der Waals surface area contributed by atoms with Crippen LogP contribution in [0.5, 0.6) is 0 Å². The van der Waals surface area contributed by atoms with Gasteiger partial charge in [-0.05, 0) is 24.1 Å². The standard InChI is InChI=1S/C14H18FN3.2ClH/c1-11-2-3-12(10-13(11)15)14(4-5-16)18-8-6-17-7-9-18;;/h2-3,10,14,17H,4,6-9H2,1H3;2*1H/t14-;;/m0../s1. The Balaban J connectivity index is 0.00000180. The zero-order valence-electron chi connectivity index (χ0n) is 11.4. The molecular weight excluding hydrogens is 300 g/mol. The van der Waals surface area contributed by atoms with Gasteiger partial charge >= 0.3 is 0 Å². The van der Waals surface area contributed by atoms with Crippen molar-refractivity contribution < 1.29 is 4.39 Å². The molecule has 0 bridgehead atoms. The van der Waals surface area contributed by atoms with Crippen LogP contribution in [-0.4, -0.2) is 31.1 Å². The number of halogens is 3. The van der Waals surface area contributed by atoms with E-state index in [1.165, 1.54) is 0 Å². The lowest BCUT2D eigenvalue weighted by atomic mass is 10.00. The summed E-state index contributed by atoms with van der Waals surface area (Å²) in [5, 5.41) is 12.3. The van der Waals surface area contributed by atoms with Crippen LogP contribution in [0, 0.1) is 24.1 Å². The predicted octanol–water partition coefficient (Wildman–Crippen LogP) is 2.84. The van der Waals surface area contributed by atoms with Gasteiger partial charge in [-0.3, -0.25) is 4.90 Å². The second kappa shape index (κ2) is 9.15. The molecule has 0 radical (unpaired) electrons. The van der Waals surface area contributed by atoms with E-state index in [4.69, 9.17) is 5.26 Å². The fourth-order valence-corrected chi connectivity index (χ4v) is 2.35. The number of nitriles is 1. The van der Waals surface area contributed by atoms with Gasteiger partial charge in [0.1, 0.15) is 5.82 Å². The summed E-state index contributed by atoms with van der Waals surface area (Å²) in [7, 11) is 0. The van der Waals surface area contributed by atoms with Gasteiger partial charge in [0.15, 0.2) is 0 Å². The van der Waals surface area contributed by atoms with Crippen LogP contribution in [0.25, 0.3) is 0 Å². The van der Waals surface area contributed by atoms with Gasteiger partial charge < -0.3 is 5.32 Å². The van der Waals surface area contributed by atoms with E-state index in [-0.39, 0.29) is 36.7 Å². The first kappa shape index (κ1) is 19.1. The fourth-order valence-electron chi connectivity index (χ4n) is 2.35. The van der Waals surface area contributed by atoms with E-state index in [1.54, 1.807) is 19.1 Å². The molecule has 1 aromatic carbocycles. The van der Waals surface area contributed by atoms with Crippen molar-refractivity contribution >= 4 is 24.8 Å². The lowest BCUT2D eigenvalue weighted by Crippen LogP contribution is -2.45. The summed E-state index contributed by atoms with van der Waals surface area (Å²) in [4.78, 5) is 2.25. The summed E-state index contributed by atoms with van der Waals surface area (Å²) >= 11 is 0. The van der Waals surface area contributed by atoms with Crippen molar-refractivity contribution in [2.45, 2.75) is 19.4 Å². The van der Waals surface area contributed by atoms with Gasteiger partial charge in [0, 0.05) is 32.2 Å². The number of piperazine rings is 1. The van der Waals surface area contributed by atoms with Crippen LogP contribution in [-0.2, 0) is 0 Å². The minimum atomic E-state index is -0.189. The predicted molar refractivity (Wildman–Crippen MR) is 83.0 cm³/mol. The molecule has 112 valence electrons. The maximum atomic E-state index is 13.6. The van der Waals surface area contributed by atoms with E-state index < -0.39 is 0 Å². The molecule has 0 amide bonds. The first-order chi connectivity index (χ1) is 8.72. The Kier molecular flexibility index (Phi) is 8.75. The summed E-state index contributed by atoms with van der Waals surface area (Å²) in [6.07, 6.45) is 0.405. The van der Waals surface area contributed by atoms with Crippen LogP contribution in [0.15, 0.2) is 18.2 Å². The zero-order valence-corrected chi connectivity index (χ0v) is 13.1. The molecule has 1 N–H and O–H groups in total. The summed E-state index contributed by atoms with van der Waals surface area (Å²) < 4.78 is 13.6. The molecule has 0 saturated carbocycles. The molecule has 1 atom stereocenters. The van der Waals surface area contributed by atoms with Crippen LogP contribution in [0.2, 0.25) is 0 Å².